The predicted octanol–water partition coefficient (Wildman–Crippen LogP) is 2.29. The Bertz CT molecular complexity index is 5080. The van der Waals surface area contributed by atoms with Crippen LogP contribution in [-0.4, -0.2) is 260 Å². The summed E-state index contributed by atoms with van der Waals surface area (Å²) in [6.07, 6.45) is 0.0539. The number of carbonyl (C=O) groups is 16. The second-order valence-corrected chi connectivity index (χ2v) is 34.2. The molecule has 16 N–H and O–H groups in total. The number of likely N-dealkylation sites (N-methyl/N-ethyl adjacent to an activating group) is 4. The molecule has 36 heteroatoms. The summed E-state index contributed by atoms with van der Waals surface area (Å²) in [5, 5.41) is 58.2. The van der Waals surface area contributed by atoms with Crippen LogP contribution < -0.4 is 58.9 Å². The van der Waals surface area contributed by atoms with E-state index in [1.165, 1.54) is 86.5 Å². The number of aromatic amines is 1. The molecular weight excluding hydrogens is 1680 g/mol. The van der Waals surface area contributed by atoms with Gasteiger partial charge in [0, 0.05) is 89.6 Å². The number of carbonyl (C=O) groups excluding carboxylic acids is 15. The van der Waals surface area contributed by atoms with Crippen molar-refractivity contribution in [3.8, 4) is 11.5 Å². The summed E-state index contributed by atoms with van der Waals surface area (Å²) in [4.78, 5) is 242. The smallest absolute Gasteiger partial charge is 0.305 e. The Hall–Kier alpha value is -13.7. The number of H-pyrrole nitrogens is 1. The van der Waals surface area contributed by atoms with Crippen molar-refractivity contribution in [2.75, 3.05) is 59.3 Å². The van der Waals surface area contributed by atoms with Crippen molar-refractivity contribution in [1.29, 1.82) is 0 Å². The largest absolute Gasteiger partial charge is 0.508 e. The Morgan fingerprint density at radius 2 is 0.915 bits per heavy atom. The highest BCUT2D eigenvalue weighted by Crippen LogP contribution is 2.24. The van der Waals surface area contributed by atoms with Gasteiger partial charge in [-0.05, 0) is 95.3 Å². The van der Waals surface area contributed by atoms with Gasteiger partial charge in [-0.1, -0.05) is 180 Å². The molecule has 35 nitrogen and oxygen atoms in total. The average Bonchev–Trinajstić information content (AvgIpc) is 1.45. The summed E-state index contributed by atoms with van der Waals surface area (Å²) in [5.74, 6) is -17.6. The Kier molecular flexibility index (Phi) is 38.2. The number of nitrogens with zero attached hydrogens (tertiary/aromatic N) is 4. The van der Waals surface area contributed by atoms with Crippen LogP contribution in [-0.2, 0) is 115 Å². The minimum absolute atomic E-state index is 0.0292. The highest BCUT2D eigenvalue weighted by Gasteiger charge is 2.41. The zero-order valence-corrected chi connectivity index (χ0v) is 74.9. The van der Waals surface area contributed by atoms with Crippen LogP contribution in [0.1, 0.15) is 106 Å². The van der Waals surface area contributed by atoms with Crippen LogP contribution in [0.2, 0.25) is 0 Å². The van der Waals surface area contributed by atoms with E-state index in [0.717, 1.165) is 27.1 Å². The van der Waals surface area contributed by atoms with E-state index >= 15 is 28.8 Å². The van der Waals surface area contributed by atoms with Crippen LogP contribution in [0.25, 0.3) is 10.9 Å². The second-order valence-electron chi connectivity index (χ2n) is 33.2. The van der Waals surface area contributed by atoms with Crippen LogP contribution >= 0.6 is 11.8 Å². The lowest BCUT2D eigenvalue weighted by molar-refractivity contribution is -0.151. The third-order valence-corrected chi connectivity index (χ3v) is 22.9. The van der Waals surface area contributed by atoms with Crippen molar-refractivity contribution in [3.05, 3.63) is 203 Å². The molecule has 2 heterocycles. The summed E-state index contributed by atoms with van der Waals surface area (Å²) < 4.78 is 0. The molecule has 0 radical (unpaired) electrons. The number of aliphatic carboxylic acids is 1. The van der Waals surface area contributed by atoms with Gasteiger partial charge in [0.1, 0.15) is 78.0 Å². The van der Waals surface area contributed by atoms with E-state index in [9.17, 15) is 63.3 Å². The molecule has 11 atom stereocenters. The quantitative estimate of drug-likeness (QED) is 0.0437. The number of hydrogen-bond acceptors (Lipinski definition) is 19. The molecule has 0 saturated carbocycles. The Balaban J connectivity index is 1.21. The molecule has 0 unspecified atom stereocenters. The first kappa shape index (κ1) is 101. The fourth-order valence-corrected chi connectivity index (χ4v) is 15.6. The number of unbranched alkanes of at least 4 members (excludes halogenated alkanes) is 1. The average molecular weight is 1800 g/mol. The number of nitrogens with two attached hydrogens (primary N) is 1. The first-order valence-electron chi connectivity index (χ1n) is 42.7. The van der Waals surface area contributed by atoms with Crippen LogP contribution in [0.15, 0.2) is 164 Å². The van der Waals surface area contributed by atoms with E-state index < -0.39 is 199 Å². The second kappa shape index (κ2) is 48.9. The molecule has 690 valence electrons. The number of carboxylic acid groups (broad SMARTS) is 1. The van der Waals surface area contributed by atoms with Crippen molar-refractivity contribution >= 4 is 117 Å². The van der Waals surface area contributed by atoms with Crippen molar-refractivity contribution in [2.24, 2.45) is 17.6 Å². The van der Waals surface area contributed by atoms with E-state index in [4.69, 9.17) is 5.73 Å². The van der Waals surface area contributed by atoms with Gasteiger partial charge >= 0.3 is 5.97 Å². The van der Waals surface area contributed by atoms with E-state index in [2.05, 4.69) is 58.2 Å². The van der Waals surface area contributed by atoms with Gasteiger partial charge in [-0.15, -0.1) is 11.8 Å². The van der Waals surface area contributed by atoms with Gasteiger partial charge in [0.2, 0.25) is 88.6 Å². The first-order chi connectivity index (χ1) is 61.3. The maximum Gasteiger partial charge on any atom is 0.305 e. The molecule has 1 aromatic heterocycles. The van der Waals surface area contributed by atoms with Gasteiger partial charge in [0.05, 0.1) is 31.8 Å². The lowest BCUT2D eigenvalue weighted by atomic mass is 9.99. The van der Waals surface area contributed by atoms with Gasteiger partial charge < -0.3 is 98.8 Å². The maximum absolute atomic E-state index is 15.5. The molecule has 0 bridgehead atoms. The van der Waals surface area contributed by atoms with Crippen LogP contribution in [0, 0.1) is 18.8 Å². The number of carboxylic acids is 1. The van der Waals surface area contributed by atoms with Crippen LogP contribution in [0.4, 0.5) is 0 Å². The minimum Gasteiger partial charge on any atom is -0.508 e. The molecule has 7 aromatic rings. The molecule has 1 fully saturated rings. The number of benzene rings is 6. The fraction of sp³-hybridized carbons (Fsp3) is 0.419. The van der Waals surface area contributed by atoms with Gasteiger partial charge in [-0.2, -0.15) is 0 Å². The standard InChI is InChI=1S/C93H118N16O19S/c1-11-12-27-75-92(127)107(8)51-79(114)98-71(47-81(116)117)88(123)105-82(55(4)5)89(124)102-69(41-59-30-28-56(6)29-31-59)86(121)103-72(44-61-34-38-64(111)39-35-61)90(125)106(7)50-78(113)97-70(46-62-48-95-66-26-20-19-25-65(62)66)87(122)101-68(42-60-32-36-63(110)37-33-60)85(120)100-67(40-54(2)3)84(119)104-74(83(118)96-49-77(94)112)52-129-53-80(115)99-73(43-57-21-15-13-16-22-57)91(126)109(10)76(93(128)108(75)9)45-58-23-17-14-18-24-58/h13-26,28-39,48,54-55,67-76,82,95,110-111H,11-12,27,40-47,49-53H2,1-10H3,(H2,94,112)(H,96,118)(H,97,113)(H,98,114)(H,99,115)(H,100,120)(H,101,122)(H,102,124)(H,103,121)(H,104,119)(H,105,123)(H,116,117)/t67-,68-,69-,70-,71-,72-,73-,74-,75-,76-,82-/m0/s1. The topological polar surface area (TPSA) is 509 Å². The summed E-state index contributed by atoms with van der Waals surface area (Å²) in [6, 6.07) is 25.6. The van der Waals surface area contributed by atoms with Crippen molar-refractivity contribution in [3.63, 3.8) is 0 Å². The zero-order valence-electron chi connectivity index (χ0n) is 74.1. The van der Waals surface area contributed by atoms with Gasteiger partial charge in [-0.25, -0.2) is 0 Å². The summed E-state index contributed by atoms with van der Waals surface area (Å²) in [5.41, 5.74) is 9.93. The molecule has 1 saturated heterocycles. The number of para-hydroxylation sites is 1. The number of aromatic hydroxyl groups is 2. The molecule has 0 aliphatic carbocycles. The Morgan fingerprint density at radius 3 is 1.45 bits per heavy atom. The zero-order chi connectivity index (χ0) is 94.3. The highest BCUT2D eigenvalue weighted by atomic mass is 32.2. The SMILES string of the molecule is CCCC[C@H]1C(=O)N(C)CC(=O)N[C@@H](CC(=O)O)C(=O)N[C@@H](C(C)C)C(=O)N[C@@H](Cc2ccc(C)cc2)C(=O)N[C@@H](Cc2ccc(O)cc2)C(=O)N(C)CC(=O)N[C@@H](Cc2c[nH]c3ccccc23)C(=O)N[C@@H](Cc2ccc(O)cc2)C(=O)N[C@@H](CC(C)C)C(=O)N[C@H](C(=O)NCC(N)=O)CSCC(=O)N[C@@H](Cc2ccccc2)C(=O)N(C)[C@@H](Cc2ccccc2)C(=O)N1C. The van der Waals surface area contributed by atoms with E-state index in [1.807, 2.05) is 13.8 Å². The van der Waals surface area contributed by atoms with Gasteiger partial charge in [0.15, 0.2) is 0 Å². The monoisotopic (exact) mass is 1790 g/mol. The first-order valence-corrected chi connectivity index (χ1v) is 43.8. The summed E-state index contributed by atoms with van der Waals surface area (Å²) >= 11 is 0.829. The maximum atomic E-state index is 15.5. The highest BCUT2D eigenvalue weighted by molar-refractivity contribution is 8.00. The van der Waals surface area contributed by atoms with Crippen LogP contribution in [0.5, 0.6) is 11.5 Å². The third-order valence-electron chi connectivity index (χ3n) is 21.9. The minimum atomic E-state index is -1.91. The number of nitrogens with one attached hydrogen (secondary N) is 11. The number of hydrogen-bond donors (Lipinski definition) is 15. The lowest BCUT2D eigenvalue weighted by Gasteiger charge is -2.37. The number of aryl methyl sites for hydroxylation is 1. The number of rotatable bonds is 23. The van der Waals surface area contributed by atoms with E-state index in [0.29, 0.717) is 57.1 Å². The number of phenolic OH excluding ortho intramolecular Hbond substituents is 2. The Labute approximate surface area is 753 Å². The third kappa shape index (κ3) is 31.1. The molecule has 1 aliphatic heterocycles. The number of phenols is 2. The molecule has 6 aromatic carbocycles. The van der Waals surface area contributed by atoms with Gasteiger partial charge in [0.25, 0.3) is 0 Å². The molecule has 8 rings (SSSR count). The van der Waals surface area contributed by atoms with E-state index in [1.54, 1.807) is 143 Å². The summed E-state index contributed by atoms with van der Waals surface area (Å²) in [7, 11) is 5.24. The predicted molar refractivity (Wildman–Crippen MR) is 482 cm³/mol. The number of thioether (sulfide) groups is 1. The molecule has 0 spiro atoms. The number of fused-ring (bicyclic) bond motifs is 1. The number of amides is 15. The van der Waals surface area contributed by atoms with Crippen molar-refractivity contribution in [1.82, 2.24) is 77.8 Å². The normalized spacial score (nSPS) is 21.8. The lowest BCUT2D eigenvalue weighted by Crippen LogP contribution is -2.61. The van der Waals surface area contributed by atoms with Gasteiger partial charge in [-0.3, -0.25) is 76.7 Å². The van der Waals surface area contributed by atoms with Crippen molar-refractivity contribution < 1.29 is 92.0 Å². The fourth-order valence-electron chi connectivity index (χ4n) is 14.8. The molecule has 15 amide bonds. The number of primary amides is 1. The molecule has 129 heavy (non-hydrogen) atoms. The van der Waals surface area contributed by atoms with E-state index in [-0.39, 0.29) is 74.5 Å². The summed E-state index contributed by atoms with van der Waals surface area (Å²) in [6.45, 7) is 7.96. The molecule has 1 aliphatic rings. The van der Waals surface area contributed by atoms with Crippen molar-refractivity contribution in [2.45, 2.75) is 179 Å². The number of aromatic nitrogens is 1. The Morgan fingerprint density at radius 1 is 0.473 bits per heavy atom. The molecular formula is C93H118N16O19S. The van der Waals surface area contributed by atoms with Crippen LogP contribution in [0.3, 0.4) is 0 Å².